The van der Waals surface area contributed by atoms with Crippen LogP contribution in [0.2, 0.25) is 0 Å². The number of nitrogens with zero attached hydrogens (tertiary/aromatic N) is 5. The second kappa shape index (κ2) is 8.83. The Morgan fingerprint density at radius 2 is 2.03 bits per heavy atom. The Kier molecular flexibility index (Phi) is 6.15. The lowest BCUT2D eigenvalue weighted by atomic mass is 10.1. The summed E-state index contributed by atoms with van der Waals surface area (Å²) in [5.41, 5.74) is 1.67. The maximum atomic E-state index is 12.5. The molecule has 1 amide bonds. The van der Waals surface area contributed by atoms with Crippen molar-refractivity contribution >= 4 is 33.3 Å². The maximum Gasteiger partial charge on any atom is 0.236 e. The minimum atomic E-state index is -2.92. The third-order valence-electron chi connectivity index (χ3n) is 5.16. The van der Waals surface area contributed by atoms with Crippen molar-refractivity contribution in [2.75, 3.05) is 22.6 Å². The SMILES string of the molecule is Cc1cc(NC(=O)CSc2nnc(CC3CCS(=O)(=O)C3)n2C)n(-c2ccccc2)n1. The van der Waals surface area contributed by atoms with Crippen molar-refractivity contribution in [2.45, 2.75) is 24.9 Å². The van der Waals surface area contributed by atoms with E-state index >= 15 is 0 Å². The summed E-state index contributed by atoms with van der Waals surface area (Å²) < 4.78 is 26.9. The number of thioether (sulfide) groups is 1. The fourth-order valence-electron chi connectivity index (χ4n) is 3.60. The lowest BCUT2D eigenvalue weighted by Crippen LogP contribution is -2.17. The molecule has 1 fully saturated rings. The number of amides is 1. The van der Waals surface area contributed by atoms with Gasteiger partial charge in [0.15, 0.2) is 15.0 Å². The first-order valence-corrected chi connectivity index (χ1v) is 12.7. The third kappa shape index (κ3) is 5.16. The first-order valence-electron chi connectivity index (χ1n) is 9.94. The van der Waals surface area contributed by atoms with Gasteiger partial charge in [0, 0.05) is 19.5 Å². The van der Waals surface area contributed by atoms with Gasteiger partial charge in [-0.3, -0.25) is 4.79 Å². The number of rotatable bonds is 7. The van der Waals surface area contributed by atoms with Gasteiger partial charge in [0.2, 0.25) is 5.91 Å². The topological polar surface area (TPSA) is 112 Å². The zero-order valence-corrected chi connectivity index (χ0v) is 19.0. The Labute approximate surface area is 185 Å². The Balaban J connectivity index is 1.37. The average Bonchev–Trinajstić information content (AvgIpc) is 3.38. The van der Waals surface area contributed by atoms with Gasteiger partial charge < -0.3 is 9.88 Å². The summed E-state index contributed by atoms with van der Waals surface area (Å²) in [6.07, 6.45) is 1.24. The van der Waals surface area contributed by atoms with E-state index in [0.717, 1.165) is 17.2 Å². The number of anilines is 1. The van der Waals surface area contributed by atoms with E-state index in [2.05, 4.69) is 20.6 Å². The minimum Gasteiger partial charge on any atom is -0.310 e. The first kappa shape index (κ1) is 21.6. The molecule has 1 N–H and O–H groups in total. The van der Waals surface area contributed by atoms with Crippen molar-refractivity contribution < 1.29 is 13.2 Å². The van der Waals surface area contributed by atoms with Gasteiger partial charge in [-0.05, 0) is 31.4 Å². The van der Waals surface area contributed by atoms with E-state index in [1.54, 1.807) is 4.68 Å². The van der Waals surface area contributed by atoms with Crippen LogP contribution in [0, 0.1) is 12.8 Å². The highest BCUT2D eigenvalue weighted by Crippen LogP contribution is 2.24. The van der Waals surface area contributed by atoms with E-state index in [9.17, 15) is 13.2 Å². The molecule has 0 saturated carbocycles. The largest absolute Gasteiger partial charge is 0.310 e. The highest BCUT2D eigenvalue weighted by atomic mass is 32.2. The molecule has 2 aromatic heterocycles. The van der Waals surface area contributed by atoms with Crippen molar-refractivity contribution in [2.24, 2.45) is 13.0 Å². The molecular formula is C20H24N6O3S2. The van der Waals surface area contributed by atoms with E-state index < -0.39 is 9.84 Å². The first-order chi connectivity index (χ1) is 14.8. The molecule has 1 unspecified atom stereocenters. The van der Waals surface area contributed by atoms with Crippen molar-refractivity contribution in [3.8, 4) is 5.69 Å². The number of hydrogen-bond acceptors (Lipinski definition) is 7. The van der Waals surface area contributed by atoms with Gasteiger partial charge in [-0.15, -0.1) is 10.2 Å². The fraction of sp³-hybridized carbons (Fsp3) is 0.400. The molecule has 0 radical (unpaired) electrons. The molecule has 1 atom stereocenters. The molecule has 0 aliphatic carbocycles. The Bertz CT molecular complexity index is 1190. The van der Waals surface area contributed by atoms with E-state index in [4.69, 9.17) is 0 Å². The highest BCUT2D eigenvalue weighted by Gasteiger charge is 2.29. The molecule has 11 heteroatoms. The van der Waals surface area contributed by atoms with Crippen LogP contribution in [0.15, 0.2) is 41.6 Å². The number of aromatic nitrogens is 5. The van der Waals surface area contributed by atoms with Gasteiger partial charge in [0.25, 0.3) is 0 Å². The van der Waals surface area contributed by atoms with E-state index in [-0.39, 0.29) is 29.1 Å². The van der Waals surface area contributed by atoms with Gasteiger partial charge in [-0.2, -0.15) is 5.10 Å². The average molecular weight is 461 g/mol. The summed E-state index contributed by atoms with van der Waals surface area (Å²) in [4.78, 5) is 12.5. The van der Waals surface area contributed by atoms with Gasteiger partial charge in [0.05, 0.1) is 28.6 Å². The molecule has 9 nitrogen and oxygen atoms in total. The van der Waals surface area contributed by atoms with Gasteiger partial charge in [0.1, 0.15) is 11.6 Å². The number of para-hydroxylation sites is 1. The smallest absolute Gasteiger partial charge is 0.236 e. The van der Waals surface area contributed by atoms with Crippen LogP contribution in [-0.2, 0) is 28.1 Å². The van der Waals surface area contributed by atoms with Crippen LogP contribution >= 0.6 is 11.8 Å². The fourth-order valence-corrected chi connectivity index (χ4v) is 6.20. The molecule has 3 heterocycles. The summed E-state index contributed by atoms with van der Waals surface area (Å²) in [5, 5.41) is 16.4. The number of carbonyl (C=O) groups is 1. The Morgan fingerprint density at radius 3 is 2.74 bits per heavy atom. The summed E-state index contributed by atoms with van der Waals surface area (Å²) >= 11 is 1.29. The van der Waals surface area contributed by atoms with Gasteiger partial charge >= 0.3 is 0 Å². The molecule has 3 aromatic rings. The van der Waals surface area contributed by atoms with E-state index in [0.29, 0.717) is 23.8 Å². The molecule has 164 valence electrons. The molecule has 1 aromatic carbocycles. The van der Waals surface area contributed by atoms with Crippen LogP contribution in [0.5, 0.6) is 0 Å². The Morgan fingerprint density at radius 1 is 1.26 bits per heavy atom. The van der Waals surface area contributed by atoms with Crippen LogP contribution in [0.3, 0.4) is 0 Å². The molecule has 1 aliphatic rings. The number of aryl methyl sites for hydroxylation is 1. The monoisotopic (exact) mass is 460 g/mol. The lowest BCUT2D eigenvalue weighted by molar-refractivity contribution is -0.113. The quantitative estimate of drug-likeness (QED) is 0.537. The van der Waals surface area contributed by atoms with Crippen molar-refractivity contribution in [3.63, 3.8) is 0 Å². The molecule has 0 spiro atoms. The number of nitrogens with one attached hydrogen (secondary N) is 1. The third-order valence-corrected chi connectivity index (χ3v) is 8.01. The summed E-state index contributed by atoms with van der Waals surface area (Å²) in [5.74, 6) is 1.88. The number of sulfone groups is 1. The molecule has 1 aliphatic heterocycles. The predicted octanol–water partition coefficient (Wildman–Crippen LogP) is 2.02. The van der Waals surface area contributed by atoms with Crippen molar-refractivity contribution in [1.29, 1.82) is 0 Å². The number of hydrogen-bond donors (Lipinski definition) is 1. The summed E-state index contributed by atoms with van der Waals surface area (Å²) in [6.45, 7) is 1.88. The van der Waals surface area contributed by atoms with Gasteiger partial charge in [-0.1, -0.05) is 30.0 Å². The summed E-state index contributed by atoms with van der Waals surface area (Å²) in [6, 6.07) is 11.4. The number of benzene rings is 1. The van der Waals surface area contributed by atoms with E-state index in [1.807, 2.05) is 54.9 Å². The molecule has 31 heavy (non-hydrogen) atoms. The zero-order valence-electron chi connectivity index (χ0n) is 17.4. The van der Waals surface area contributed by atoms with Gasteiger partial charge in [-0.25, -0.2) is 13.1 Å². The van der Waals surface area contributed by atoms with Crippen LogP contribution in [0.1, 0.15) is 17.9 Å². The lowest BCUT2D eigenvalue weighted by Gasteiger charge is -2.09. The second-order valence-corrected chi connectivity index (χ2v) is 10.9. The summed E-state index contributed by atoms with van der Waals surface area (Å²) in [7, 11) is -1.08. The molecule has 4 rings (SSSR count). The van der Waals surface area contributed by atoms with Crippen LogP contribution in [0.4, 0.5) is 5.82 Å². The molecule has 1 saturated heterocycles. The number of carbonyl (C=O) groups excluding carboxylic acids is 1. The van der Waals surface area contributed by atoms with Crippen LogP contribution in [0.25, 0.3) is 5.69 Å². The Hall–Kier alpha value is -2.66. The molecular weight excluding hydrogens is 436 g/mol. The normalized spacial score (nSPS) is 17.7. The second-order valence-electron chi connectivity index (χ2n) is 7.69. The standard InChI is InChI=1S/C20H24N6O3S2/c1-14-10-17(26(24-14)16-6-4-3-5-7-16)21-19(27)12-30-20-23-22-18(25(20)2)11-15-8-9-31(28,29)13-15/h3-7,10,15H,8-9,11-13H2,1-2H3,(H,21,27). The minimum absolute atomic E-state index is 0.0792. The maximum absolute atomic E-state index is 12.5. The van der Waals surface area contributed by atoms with Crippen LogP contribution < -0.4 is 5.32 Å². The van der Waals surface area contributed by atoms with Crippen LogP contribution in [-0.4, -0.2) is 56.1 Å². The highest BCUT2D eigenvalue weighted by molar-refractivity contribution is 7.99. The van der Waals surface area contributed by atoms with E-state index in [1.165, 1.54) is 11.8 Å². The molecule has 0 bridgehead atoms. The van der Waals surface area contributed by atoms with Crippen molar-refractivity contribution in [1.82, 2.24) is 24.5 Å². The zero-order chi connectivity index (χ0) is 22.0. The predicted molar refractivity (Wildman–Crippen MR) is 119 cm³/mol. The van der Waals surface area contributed by atoms with Crippen molar-refractivity contribution in [3.05, 3.63) is 47.9 Å².